The molecule has 24 heavy (non-hydrogen) atoms. The Morgan fingerprint density at radius 3 is 2.21 bits per heavy atom. The highest BCUT2D eigenvalue weighted by atomic mass is 127. The summed E-state index contributed by atoms with van der Waals surface area (Å²) < 4.78 is 5.35. The summed E-state index contributed by atoms with van der Waals surface area (Å²) >= 11 is 0. The molecule has 0 unspecified atom stereocenters. The lowest BCUT2D eigenvalue weighted by atomic mass is 10.2. The number of hydrogen-bond acceptors (Lipinski definition) is 4. The molecule has 3 N–H and O–H groups in total. The van der Waals surface area contributed by atoms with Crippen molar-refractivity contribution < 1.29 is 14.3 Å². The molecule has 8 nitrogen and oxygen atoms in total. The maximum absolute atomic E-state index is 12.0. The zero-order valence-corrected chi connectivity index (χ0v) is 16.9. The molecular weight excluding hydrogens is 425 g/mol. The Hall–Kier alpha value is -1.26. The maximum Gasteiger partial charge on any atom is 0.410 e. The van der Waals surface area contributed by atoms with Crippen LogP contribution in [0.2, 0.25) is 0 Å². The van der Waals surface area contributed by atoms with Crippen molar-refractivity contribution in [3.05, 3.63) is 0 Å². The van der Waals surface area contributed by atoms with Gasteiger partial charge in [0, 0.05) is 32.2 Å². The van der Waals surface area contributed by atoms with Gasteiger partial charge in [-0.2, -0.15) is 0 Å². The summed E-state index contributed by atoms with van der Waals surface area (Å²) in [6, 6.07) is 0.330. The van der Waals surface area contributed by atoms with Gasteiger partial charge >= 0.3 is 6.09 Å². The quantitative estimate of drug-likeness (QED) is 0.373. The van der Waals surface area contributed by atoms with Gasteiger partial charge < -0.3 is 25.6 Å². The summed E-state index contributed by atoms with van der Waals surface area (Å²) in [4.78, 5) is 31.3. The Labute approximate surface area is 160 Å². The highest BCUT2D eigenvalue weighted by Crippen LogP contribution is 2.18. The number of guanidine groups is 1. The second kappa shape index (κ2) is 8.72. The molecule has 1 saturated carbocycles. The molecule has 0 spiro atoms. The Morgan fingerprint density at radius 1 is 1.17 bits per heavy atom. The summed E-state index contributed by atoms with van der Waals surface area (Å²) in [5.74, 6) is 0.252. The summed E-state index contributed by atoms with van der Waals surface area (Å²) in [5.41, 5.74) is 5.43. The van der Waals surface area contributed by atoms with Crippen LogP contribution in [0.1, 0.15) is 33.6 Å². The lowest BCUT2D eigenvalue weighted by Gasteiger charge is -2.36. The predicted octanol–water partition coefficient (Wildman–Crippen LogP) is 0.750. The first kappa shape index (κ1) is 20.8. The lowest BCUT2D eigenvalue weighted by Crippen LogP contribution is -2.53. The number of aliphatic imine (C=N–C) groups is 1. The van der Waals surface area contributed by atoms with E-state index in [1.165, 1.54) is 0 Å². The standard InChI is InChI=1S/C15H27N5O3.HI/c1-15(2,3)23-14(22)20-8-6-19(7-9-20)13(16)17-10-12(21)18-11-4-5-11;/h11H,4-10H2,1-3H3,(H2,16,17)(H,18,21);1H. The Morgan fingerprint density at radius 2 is 1.71 bits per heavy atom. The average Bonchev–Trinajstić information content (AvgIpc) is 3.27. The van der Waals surface area contributed by atoms with Gasteiger partial charge in [-0.25, -0.2) is 9.79 Å². The fourth-order valence-electron chi connectivity index (χ4n) is 2.20. The Kier molecular flexibility index (Phi) is 7.56. The summed E-state index contributed by atoms with van der Waals surface area (Å²) in [6.07, 6.45) is 1.80. The lowest BCUT2D eigenvalue weighted by molar-refractivity contribution is -0.119. The zero-order valence-electron chi connectivity index (χ0n) is 14.6. The van der Waals surface area contributed by atoms with E-state index in [0.29, 0.717) is 38.2 Å². The molecule has 138 valence electrons. The monoisotopic (exact) mass is 453 g/mol. The Balaban J connectivity index is 0.00000288. The minimum absolute atomic E-state index is 0. The van der Waals surface area contributed by atoms with Crippen molar-refractivity contribution in [3.63, 3.8) is 0 Å². The average molecular weight is 453 g/mol. The van der Waals surface area contributed by atoms with E-state index >= 15 is 0 Å². The number of amides is 2. The van der Waals surface area contributed by atoms with E-state index in [-0.39, 0.29) is 42.5 Å². The van der Waals surface area contributed by atoms with Crippen LogP contribution >= 0.6 is 24.0 Å². The number of nitrogens with one attached hydrogen (secondary N) is 1. The first-order valence-corrected chi connectivity index (χ1v) is 8.07. The van der Waals surface area contributed by atoms with Crippen molar-refractivity contribution >= 4 is 41.9 Å². The van der Waals surface area contributed by atoms with Gasteiger partial charge in [0.2, 0.25) is 5.91 Å². The molecule has 2 amide bonds. The molecule has 2 fully saturated rings. The minimum Gasteiger partial charge on any atom is -0.444 e. The van der Waals surface area contributed by atoms with Crippen molar-refractivity contribution in [2.45, 2.75) is 45.3 Å². The SMILES string of the molecule is CC(C)(C)OC(=O)N1CCN(C(N)=NCC(=O)NC2CC2)CC1.I. The molecule has 1 aliphatic heterocycles. The normalized spacial score (nSPS) is 18.7. The van der Waals surface area contributed by atoms with Crippen LogP contribution in [0.5, 0.6) is 0 Å². The van der Waals surface area contributed by atoms with Gasteiger partial charge in [-0.15, -0.1) is 24.0 Å². The molecule has 2 aliphatic rings. The van der Waals surface area contributed by atoms with E-state index in [9.17, 15) is 9.59 Å². The molecule has 2 rings (SSSR count). The van der Waals surface area contributed by atoms with E-state index < -0.39 is 5.60 Å². The van der Waals surface area contributed by atoms with Gasteiger partial charge in [-0.3, -0.25) is 4.79 Å². The fourth-order valence-corrected chi connectivity index (χ4v) is 2.20. The van der Waals surface area contributed by atoms with Crippen molar-refractivity contribution in [1.82, 2.24) is 15.1 Å². The number of halogens is 1. The molecular formula is C15H28IN5O3. The first-order valence-electron chi connectivity index (χ1n) is 8.07. The van der Waals surface area contributed by atoms with Crippen LogP contribution in [-0.4, -0.2) is 72.1 Å². The molecule has 1 heterocycles. The fraction of sp³-hybridized carbons (Fsp3) is 0.800. The zero-order chi connectivity index (χ0) is 17.0. The van der Waals surface area contributed by atoms with Crippen LogP contribution in [0.3, 0.4) is 0 Å². The smallest absolute Gasteiger partial charge is 0.410 e. The topological polar surface area (TPSA) is 100 Å². The van der Waals surface area contributed by atoms with Gasteiger partial charge in [-0.1, -0.05) is 0 Å². The van der Waals surface area contributed by atoms with Crippen LogP contribution in [-0.2, 0) is 9.53 Å². The van der Waals surface area contributed by atoms with Crippen molar-refractivity contribution in [2.75, 3.05) is 32.7 Å². The van der Waals surface area contributed by atoms with Gasteiger partial charge in [0.05, 0.1) is 0 Å². The van der Waals surface area contributed by atoms with Crippen LogP contribution in [0, 0.1) is 0 Å². The van der Waals surface area contributed by atoms with Crippen LogP contribution in [0.15, 0.2) is 4.99 Å². The number of ether oxygens (including phenoxy) is 1. The second-order valence-corrected chi connectivity index (χ2v) is 6.97. The van der Waals surface area contributed by atoms with E-state index in [0.717, 1.165) is 12.8 Å². The largest absolute Gasteiger partial charge is 0.444 e. The van der Waals surface area contributed by atoms with Crippen LogP contribution in [0.4, 0.5) is 4.79 Å². The highest BCUT2D eigenvalue weighted by Gasteiger charge is 2.26. The summed E-state index contributed by atoms with van der Waals surface area (Å²) in [6.45, 7) is 7.81. The molecule has 1 aliphatic carbocycles. The second-order valence-electron chi connectivity index (χ2n) is 6.97. The van der Waals surface area contributed by atoms with Crippen molar-refractivity contribution in [3.8, 4) is 0 Å². The van der Waals surface area contributed by atoms with Gasteiger partial charge in [0.25, 0.3) is 0 Å². The number of nitrogens with two attached hydrogens (primary N) is 1. The van der Waals surface area contributed by atoms with E-state index in [1.54, 1.807) is 4.90 Å². The molecule has 9 heteroatoms. The minimum atomic E-state index is -0.496. The molecule has 0 aromatic carbocycles. The van der Waals surface area contributed by atoms with Crippen molar-refractivity contribution in [1.29, 1.82) is 0 Å². The van der Waals surface area contributed by atoms with E-state index in [1.807, 2.05) is 25.7 Å². The first-order chi connectivity index (χ1) is 10.7. The third kappa shape index (κ3) is 7.10. The predicted molar refractivity (Wildman–Crippen MR) is 102 cm³/mol. The molecule has 0 atom stereocenters. The van der Waals surface area contributed by atoms with Crippen LogP contribution < -0.4 is 11.1 Å². The number of piperazine rings is 1. The van der Waals surface area contributed by atoms with E-state index in [2.05, 4.69) is 10.3 Å². The molecule has 1 saturated heterocycles. The molecule has 0 radical (unpaired) electrons. The van der Waals surface area contributed by atoms with Gasteiger partial charge in [-0.05, 0) is 33.6 Å². The molecule has 0 aromatic heterocycles. The maximum atomic E-state index is 12.0. The number of carbonyl (C=O) groups is 2. The molecule has 0 aromatic rings. The summed E-state index contributed by atoms with van der Waals surface area (Å²) in [5, 5.41) is 2.87. The summed E-state index contributed by atoms with van der Waals surface area (Å²) in [7, 11) is 0. The third-order valence-electron chi connectivity index (χ3n) is 3.58. The van der Waals surface area contributed by atoms with Crippen LogP contribution in [0.25, 0.3) is 0 Å². The number of rotatable bonds is 3. The van der Waals surface area contributed by atoms with Gasteiger partial charge in [0.1, 0.15) is 12.1 Å². The van der Waals surface area contributed by atoms with Gasteiger partial charge in [0.15, 0.2) is 5.96 Å². The number of carbonyl (C=O) groups excluding carboxylic acids is 2. The molecule has 0 bridgehead atoms. The van der Waals surface area contributed by atoms with E-state index in [4.69, 9.17) is 10.5 Å². The Bertz CT molecular complexity index is 480. The number of hydrogen-bond donors (Lipinski definition) is 2. The third-order valence-corrected chi connectivity index (χ3v) is 3.58. The number of nitrogens with zero attached hydrogens (tertiary/aromatic N) is 3. The van der Waals surface area contributed by atoms with Crippen molar-refractivity contribution in [2.24, 2.45) is 10.7 Å². The highest BCUT2D eigenvalue weighted by molar-refractivity contribution is 14.0.